The van der Waals surface area contributed by atoms with Gasteiger partial charge in [0.1, 0.15) is 0 Å². The van der Waals surface area contributed by atoms with E-state index in [-0.39, 0.29) is 5.56 Å². The first-order valence-electron chi connectivity index (χ1n) is 6.35. The lowest BCUT2D eigenvalue weighted by atomic mass is 9.96. The molecule has 0 atom stereocenters. The highest BCUT2D eigenvalue weighted by atomic mass is 16.1. The molecule has 0 spiro atoms. The monoisotopic (exact) mass is 249 g/mol. The molecular weight excluding hydrogens is 234 g/mol. The Labute approximate surface area is 111 Å². The molecule has 0 aliphatic carbocycles. The van der Waals surface area contributed by atoms with Crippen molar-refractivity contribution in [3.05, 3.63) is 70.0 Å². The second-order valence-electron chi connectivity index (χ2n) is 4.87. The third kappa shape index (κ3) is 1.95. The van der Waals surface area contributed by atoms with Crippen molar-refractivity contribution in [2.75, 3.05) is 0 Å². The van der Waals surface area contributed by atoms with Gasteiger partial charge in [-0.15, -0.1) is 0 Å². The standard InChI is InChI=1S/C17H15NO/c1-11-7-9-13(10-8-11)16-12(2)17(19)18-15-6-4-3-5-14(15)16/h3-10H,1-2H3,(H,18,19). The molecule has 1 aromatic heterocycles. The number of aryl methyl sites for hydroxylation is 1. The van der Waals surface area contributed by atoms with Crippen molar-refractivity contribution in [2.24, 2.45) is 0 Å². The summed E-state index contributed by atoms with van der Waals surface area (Å²) in [5.74, 6) is 0. The highest BCUT2D eigenvalue weighted by Gasteiger charge is 2.10. The van der Waals surface area contributed by atoms with Crippen molar-refractivity contribution in [1.82, 2.24) is 4.98 Å². The van der Waals surface area contributed by atoms with E-state index in [1.165, 1.54) is 5.56 Å². The number of pyridine rings is 1. The fourth-order valence-corrected chi connectivity index (χ4v) is 2.43. The molecule has 0 saturated carbocycles. The topological polar surface area (TPSA) is 32.9 Å². The normalized spacial score (nSPS) is 10.8. The molecule has 1 N–H and O–H groups in total. The van der Waals surface area contributed by atoms with Crippen LogP contribution in [0.2, 0.25) is 0 Å². The first kappa shape index (κ1) is 11.7. The average Bonchev–Trinajstić information content (AvgIpc) is 2.42. The van der Waals surface area contributed by atoms with Crippen LogP contribution in [0.3, 0.4) is 0 Å². The smallest absolute Gasteiger partial charge is 0.251 e. The molecule has 0 unspecified atom stereocenters. The van der Waals surface area contributed by atoms with Crippen LogP contribution in [-0.2, 0) is 0 Å². The number of aromatic amines is 1. The van der Waals surface area contributed by atoms with Gasteiger partial charge in [-0.3, -0.25) is 4.79 Å². The number of hydrogen-bond donors (Lipinski definition) is 1. The summed E-state index contributed by atoms with van der Waals surface area (Å²) in [4.78, 5) is 15.0. The van der Waals surface area contributed by atoms with E-state index in [2.05, 4.69) is 36.2 Å². The molecule has 0 aliphatic heterocycles. The lowest BCUT2D eigenvalue weighted by Crippen LogP contribution is -2.11. The van der Waals surface area contributed by atoms with Crippen LogP contribution in [0, 0.1) is 13.8 Å². The van der Waals surface area contributed by atoms with Gasteiger partial charge >= 0.3 is 0 Å². The van der Waals surface area contributed by atoms with E-state index in [0.717, 1.165) is 27.6 Å². The predicted octanol–water partition coefficient (Wildman–Crippen LogP) is 3.81. The van der Waals surface area contributed by atoms with Gasteiger partial charge in [0.05, 0.1) is 0 Å². The van der Waals surface area contributed by atoms with Crippen LogP contribution in [0.1, 0.15) is 11.1 Å². The molecule has 0 bridgehead atoms. The quantitative estimate of drug-likeness (QED) is 0.699. The summed E-state index contributed by atoms with van der Waals surface area (Å²) in [5, 5.41) is 1.09. The average molecular weight is 249 g/mol. The van der Waals surface area contributed by atoms with Gasteiger partial charge < -0.3 is 4.98 Å². The van der Waals surface area contributed by atoms with Gasteiger partial charge in [-0.25, -0.2) is 0 Å². The zero-order valence-electron chi connectivity index (χ0n) is 11.0. The molecular formula is C17H15NO. The summed E-state index contributed by atoms with van der Waals surface area (Å²) in [5.41, 5.74) is 4.96. The molecule has 19 heavy (non-hydrogen) atoms. The Bertz CT molecular complexity index is 798. The third-order valence-electron chi connectivity index (χ3n) is 3.50. The minimum absolute atomic E-state index is 0.0192. The maximum absolute atomic E-state index is 12.0. The van der Waals surface area contributed by atoms with Gasteiger partial charge in [0, 0.05) is 16.5 Å². The summed E-state index contributed by atoms with van der Waals surface area (Å²) in [7, 11) is 0. The lowest BCUT2D eigenvalue weighted by molar-refractivity contribution is 1.24. The Morgan fingerprint density at radius 2 is 1.58 bits per heavy atom. The summed E-state index contributed by atoms with van der Waals surface area (Å²) in [6.07, 6.45) is 0. The Morgan fingerprint density at radius 1 is 0.895 bits per heavy atom. The zero-order valence-corrected chi connectivity index (χ0v) is 11.0. The maximum Gasteiger partial charge on any atom is 0.251 e. The van der Waals surface area contributed by atoms with E-state index in [1.807, 2.05) is 31.2 Å². The number of fused-ring (bicyclic) bond motifs is 1. The van der Waals surface area contributed by atoms with Gasteiger partial charge in [-0.1, -0.05) is 48.0 Å². The second-order valence-corrected chi connectivity index (χ2v) is 4.87. The fraction of sp³-hybridized carbons (Fsp3) is 0.118. The number of nitrogens with one attached hydrogen (secondary N) is 1. The first-order chi connectivity index (χ1) is 9.16. The minimum atomic E-state index is -0.0192. The molecule has 3 rings (SSSR count). The van der Waals surface area contributed by atoms with E-state index < -0.39 is 0 Å². The van der Waals surface area contributed by atoms with Crippen LogP contribution in [0.25, 0.3) is 22.0 Å². The Morgan fingerprint density at radius 3 is 2.32 bits per heavy atom. The number of benzene rings is 2. The number of para-hydroxylation sites is 1. The van der Waals surface area contributed by atoms with Crippen molar-refractivity contribution in [2.45, 2.75) is 13.8 Å². The number of H-pyrrole nitrogens is 1. The highest BCUT2D eigenvalue weighted by Crippen LogP contribution is 2.29. The van der Waals surface area contributed by atoms with Crippen molar-refractivity contribution in [1.29, 1.82) is 0 Å². The van der Waals surface area contributed by atoms with Gasteiger partial charge in [-0.2, -0.15) is 0 Å². The van der Waals surface area contributed by atoms with Gasteiger partial charge in [0.25, 0.3) is 5.56 Å². The fourth-order valence-electron chi connectivity index (χ4n) is 2.43. The molecule has 2 heteroatoms. The van der Waals surface area contributed by atoms with E-state index >= 15 is 0 Å². The minimum Gasteiger partial charge on any atom is -0.322 e. The summed E-state index contributed by atoms with van der Waals surface area (Å²) < 4.78 is 0. The van der Waals surface area contributed by atoms with E-state index in [0.29, 0.717) is 0 Å². The lowest BCUT2D eigenvalue weighted by Gasteiger charge is -2.10. The molecule has 0 fully saturated rings. The molecule has 2 aromatic carbocycles. The molecule has 0 saturated heterocycles. The van der Waals surface area contributed by atoms with Gasteiger partial charge in [-0.05, 0) is 31.0 Å². The van der Waals surface area contributed by atoms with Crippen LogP contribution < -0.4 is 5.56 Å². The van der Waals surface area contributed by atoms with E-state index in [4.69, 9.17) is 0 Å². The zero-order chi connectivity index (χ0) is 13.4. The van der Waals surface area contributed by atoms with Crippen LogP contribution in [0.4, 0.5) is 0 Å². The Kier molecular flexibility index (Phi) is 2.71. The molecule has 0 aliphatic rings. The van der Waals surface area contributed by atoms with Gasteiger partial charge in [0.2, 0.25) is 0 Å². The number of aromatic nitrogens is 1. The third-order valence-corrected chi connectivity index (χ3v) is 3.50. The van der Waals surface area contributed by atoms with Crippen molar-refractivity contribution in [3.63, 3.8) is 0 Å². The Balaban J connectivity index is 2.42. The van der Waals surface area contributed by atoms with Crippen LogP contribution in [0.5, 0.6) is 0 Å². The van der Waals surface area contributed by atoms with Crippen molar-refractivity contribution in [3.8, 4) is 11.1 Å². The molecule has 0 amide bonds. The van der Waals surface area contributed by atoms with Crippen molar-refractivity contribution < 1.29 is 0 Å². The largest absolute Gasteiger partial charge is 0.322 e. The molecule has 94 valence electrons. The summed E-state index contributed by atoms with van der Waals surface area (Å²) >= 11 is 0. The molecule has 2 nitrogen and oxygen atoms in total. The van der Waals surface area contributed by atoms with Crippen molar-refractivity contribution >= 4 is 10.9 Å². The summed E-state index contributed by atoms with van der Waals surface area (Å²) in [6, 6.07) is 16.2. The molecule has 3 aromatic rings. The Hall–Kier alpha value is -2.35. The number of rotatable bonds is 1. The van der Waals surface area contributed by atoms with E-state index in [1.54, 1.807) is 0 Å². The second kappa shape index (κ2) is 4.39. The SMILES string of the molecule is Cc1ccc(-c2c(C)c(=O)[nH]c3ccccc23)cc1. The van der Waals surface area contributed by atoms with Crippen LogP contribution >= 0.6 is 0 Å². The first-order valence-corrected chi connectivity index (χ1v) is 6.35. The highest BCUT2D eigenvalue weighted by molar-refractivity contribution is 5.95. The molecule has 1 heterocycles. The number of hydrogen-bond acceptors (Lipinski definition) is 1. The summed E-state index contributed by atoms with van der Waals surface area (Å²) in [6.45, 7) is 3.94. The maximum atomic E-state index is 12.0. The predicted molar refractivity (Wildman–Crippen MR) is 79.5 cm³/mol. The van der Waals surface area contributed by atoms with Gasteiger partial charge in [0.15, 0.2) is 0 Å². The van der Waals surface area contributed by atoms with E-state index in [9.17, 15) is 4.79 Å². The molecule has 0 radical (unpaired) electrons. The van der Waals surface area contributed by atoms with Crippen LogP contribution in [0.15, 0.2) is 53.3 Å². The van der Waals surface area contributed by atoms with Crippen LogP contribution in [-0.4, -0.2) is 4.98 Å².